The fourth-order valence-corrected chi connectivity index (χ4v) is 1.75. The number of carbonyl (C=O) groups is 3. The van der Waals surface area contributed by atoms with Crippen LogP contribution in [0, 0.1) is 5.92 Å². The number of benzene rings is 1. The van der Waals surface area contributed by atoms with Crippen molar-refractivity contribution in [2.45, 2.75) is 19.9 Å². The first kappa shape index (κ1) is 17.4. The molecule has 0 fully saturated rings. The van der Waals surface area contributed by atoms with Crippen LogP contribution < -0.4 is 16.4 Å². The van der Waals surface area contributed by atoms with Gasteiger partial charge in [0.15, 0.2) is 0 Å². The molecule has 0 saturated heterocycles. The standard InChI is InChI=1S/C16H21N3O3/c1-11(2)15(16(17)22)19-14(21)10-18-13(20)9-8-12-6-4-3-5-7-12/h3-9,11,15H,10H2,1-2H3,(H2,17,22)(H,18,20)(H,19,21)/b9-8+/t15-/m1/s1. The summed E-state index contributed by atoms with van der Waals surface area (Å²) in [7, 11) is 0. The highest BCUT2D eigenvalue weighted by Gasteiger charge is 2.21. The molecule has 1 atom stereocenters. The van der Waals surface area contributed by atoms with Crippen LogP contribution in [0.5, 0.6) is 0 Å². The van der Waals surface area contributed by atoms with Gasteiger partial charge in [-0.2, -0.15) is 0 Å². The van der Waals surface area contributed by atoms with Crippen molar-refractivity contribution in [2.75, 3.05) is 6.54 Å². The van der Waals surface area contributed by atoms with Crippen molar-refractivity contribution < 1.29 is 14.4 Å². The summed E-state index contributed by atoms with van der Waals surface area (Å²) < 4.78 is 0. The number of rotatable bonds is 7. The Hall–Kier alpha value is -2.63. The van der Waals surface area contributed by atoms with Crippen molar-refractivity contribution in [3.63, 3.8) is 0 Å². The van der Waals surface area contributed by atoms with E-state index in [9.17, 15) is 14.4 Å². The molecule has 0 aromatic heterocycles. The Bertz CT molecular complexity index is 553. The van der Waals surface area contributed by atoms with Crippen LogP contribution in [0.4, 0.5) is 0 Å². The maximum atomic E-state index is 11.7. The van der Waals surface area contributed by atoms with Gasteiger partial charge in [0.1, 0.15) is 6.04 Å². The summed E-state index contributed by atoms with van der Waals surface area (Å²) in [5.41, 5.74) is 6.09. The smallest absolute Gasteiger partial charge is 0.244 e. The molecular formula is C16H21N3O3. The maximum absolute atomic E-state index is 11.7. The van der Waals surface area contributed by atoms with Crippen LogP contribution in [0.15, 0.2) is 36.4 Å². The highest BCUT2D eigenvalue weighted by Crippen LogP contribution is 2.01. The second-order valence-electron chi connectivity index (χ2n) is 5.15. The Labute approximate surface area is 129 Å². The predicted octanol–water partition coefficient (Wildman–Crippen LogP) is 0.442. The molecule has 22 heavy (non-hydrogen) atoms. The second kappa shape index (κ2) is 8.61. The van der Waals surface area contributed by atoms with Crippen LogP contribution in [-0.4, -0.2) is 30.3 Å². The molecule has 118 valence electrons. The van der Waals surface area contributed by atoms with Gasteiger partial charge in [-0.15, -0.1) is 0 Å². The molecule has 6 heteroatoms. The van der Waals surface area contributed by atoms with Crippen molar-refractivity contribution in [1.82, 2.24) is 10.6 Å². The van der Waals surface area contributed by atoms with E-state index in [1.165, 1.54) is 6.08 Å². The lowest BCUT2D eigenvalue weighted by atomic mass is 10.0. The summed E-state index contributed by atoms with van der Waals surface area (Å²) in [4.78, 5) is 34.5. The van der Waals surface area contributed by atoms with Crippen LogP contribution in [-0.2, 0) is 14.4 Å². The van der Waals surface area contributed by atoms with E-state index in [1.54, 1.807) is 19.9 Å². The van der Waals surface area contributed by atoms with Gasteiger partial charge in [-0.1, -0.05) is 44.2 Å². The summed E-state index contributed by atoms with van der Waals surface area (Å²) >= 11 is 0. The lowest BCUT2D eigenvalue weighted by Crippen LogP contribution is -2.50. The molecule has 0 heterocycles. The SMILES string of the molecule is CC(C)[C@@H](NC(=O)CNC(=O)/C=C/c1ccccc1)C(N)=O. The molecule has 1 aromatic carbocycles. The van der Waals surface area contributed by atoms with E-state index in [2.05, 4.69) is 10.6 Å². The highest BCUT2D eigenvalue weighted by atomic mass is 16.2. The van der Waals surface area contributed by atoms with Gasteiger partial charge in [0.05, 0.1) is 6.54 Å². The van der Waals surface area contributed by atoms with Crippen molar-refractivity contribution in [3.8, 4) is 0 Å². The molecule has 0 saturated carbocycles. The molecule has 0 radical (unpaired) electrons. The fraction of sp³-hybridized carbons (Fsp3) is 0.312. The first-order chi connectivity index (χ1) is 10.4. The van der Waals surface area contributed by atoms with Crippen molar-refractivity contribution in [2.24, 2.45) is 11.7 Å². The van der Waals surface area contributed by atoms with Crippen LogP contribution in [0.3, 0.4) is 0 Å². The molecule has 0 aliphatic rings. The molecular weight excluding hydrogens is 282 g/mol. The molecule has 0 spiro atoms. The Morgan fingerprint density at radius 3 is 2.36 bits per heavy atom. The van der Waals surface area contributed by atoms with Crippen molar-refractivity contribution >= 4 is 23.8 Å². The van der Waals surface area contributed by atoms with Gasteiger partial charge in [-0.3, -0.25) is 14.4 Å². The zero-order chi connectivity index (χ0) is 16.5. The van der Waals surface area contributed by atoms with Gasteiger partial charge in [0, 0.05) is 6.08 Å². The molecule has 0 unspecified atom stereocenters. The normalized spacial score (nSPS) is 12.1. The van der Waals surface area contributed by atoms with Crippen molar-refractivity contribution in [3.05, 3.63) is 42.0 Å². The van der Waals surface area contributed by atoms with Crippen molar-refractivity contribution in [1.29, 1.82) is 0 Å². The molecule has 1 rings (SSSR count). The van der Waals surface area contributed by atoms with Gasteiger partial charge in [-0.05, 0) is 17.6 Å². The monoisotopic (exact) mass is 303 g/mol. The molecule has 6 nitrogen and oxygen atoms in total. The average Bonchev–Trinajstić information content (AvgIpc) is 2.49. The third kappa shape index (κ3) is 6.21. The minimum absolute atomic E-state index is 0.116. The Morgan fingerprint density at radius 2 is 1.82 bits per heavy atom. The summed E-state index contributed by atoms with van der Waals surface area (Å²) in [6, 6.07) is 8.57. The Morgan fingerprint density at radius 1 is 1.18 bits per heavy atom. The topological polar surface area (TPSA) is 101 Å². The van der Waals surface area contributed by atoms with E-state index in [0.717, 1.165) is 5.56 Å². The summed E-state index contributed by atoms with van der Waals surface area (Å²) in [5, 5.41) is 4.94. The minimum atomic E-state index is -0.746. The number of hydrogen-bond acceptors (Lipinski definition) is 3. The fourth-order valence-electron chi connectivity index (χ4n) is 1.75. The summed E-state index contributed by atoms with van der Waals surface area (Å²) in [6.07, 6.45) is 2.99. The molecule has 3 amide bonds. The van der Waals surface area contributed by atoms with E-state index in [0.29, 0.717) is 0 Å². The minimum Gasteiger partial charge on any atom is -0.368 e. The number of primary amides is 1. The number of nitrogens with one attached hydrogen (secondary N) is 2. The third-order valence-electron chi connectivity index (χ3n) is 2.94. The van der Waals surface area contributed by atoms with Crippen LogP contribution in [0.2, 0.25) is 0 Å². The Kier molecular flexibility index (Phi) is 6.82. The van der Waals surface area contributed by atoms with E-state index in [-0.39, 0.29) is 18.4 Å². The Balaban J connectivity index is 2.42. The molecule has 4 N–H and O–H groups in total. The lowest BCUT2D eigenvalue weighted by molar-refractivity contribution is -0.128. The quantitative estimate of drug-likeness (QED) is 0.637. The van der Waals surface area contributed by atoms with Gasteiger partial charge < -0.3 is 16.4 Å². The van der Waals surface area contributed by atoms with Gasteiger partial charge >= 0.3 is 0 Å². The highest BCUT2D eigenvalue weighted by molar-refractivity contribution is 5.95. The van der Waals surface area contributed by atoms with E-state index < -0.39 is 17.9 Å². The van der Waals surface area contributed by atoms with E-state index in [1.807, 2.05) is 30.3 Å². The lowest BCUT2D eigenvalue weighted by Gasteiger charge is -2.18. The zero-order valence-corrected chi connectivity index (χ0v) is 12.7. The van der Waals surface area contributed by atoms with Crippen LogP contribution in [0.1, 0.15) is 19.4 Å². The van der Waals surface area contributed by atoms with E-state index in [4.69, 9.17) is 5.73 Å². The number of nitrogens with two attached hydrogens (primary N) is 1. The summed E-state index contributed by atoms with van der Waals surface area (Å²) in [5.74, 6) is -1.56. The maximum Gasteiger partial charge on any atom is 0.244 e. The molecule has 0 bridgehead atoms. The molecule has 0 aliphatic heterocycles. The zero-order valence-electron chi connectivity index (χ0n) is 12.7. The number of carbonyl (C=O) groups excluding carboxylic acids is 3. The third-order valence-corrected chi connectivity index (χ3v) is 2.94. The number of hydrogen-bond donors (Lipinski definition) is 3. The number of amides is 3. The first-order valence-electron chi connectivity index (χ1n) is 6.99. The summed E-state index contributed by atoms with van der Waals surface area (Å²) in [6.45, 7) is 3.34. The second-order valence-corrected chi connectivity index (χ2v) is 5.15. The largest absolute Gasteiger partial charge is 0.368 e. The van der Waals surface area contributed by atoms with Gasteiger partial charge in [0.2, 0.25) is 17.7 Å². The van der Waals surface area contributed by atoms with Gasteiger partial charge in [0.25, 0.3) is 0 Å². The predicted molar refractivity (Wildman–Crippen MR) is 84.4 cm³/mol. The first-order valence-corrected chi connectivity index (χ1v) is 6.99. The van der Waals surface area contributed by atoms with Crippen LogP contribution in [0.25, 0.3) is 6.08 Å². The van der Waals surface area contributed by atoms with Crippen LogP contribution >= 0.6 is 0 Å². The molecule has 0 aliphatic carbocycles. The van der Waals surface area contributed by atoms with Gasteiger partial charge in [-0.25, -0.2) is 0 Å². The van der Waals surface area contributed by atoms with E-state index >= 15 is 0 Å². The molecule has 1 aromatic rings. The average molecular weight is 303 g/mol.